The zero-order valence-corrected chi connectivity index (χ0v) is 48.4. The van der Waals surface area contributed by atoms with Crippen LogP contribution in [0.15, 0.2) is 130 Å². The van der Waals surface area contributed by atoms with E-state index in [1.807, 2.05) is 37.3 Å². The molecule has 432 valence electrons. The molecule has 14 nitrogen and oxygen atoms in total. The summed E-state index contributed by atoms with van der Waals surface area (Å²) < 4.78 is 66.8. The number of benzene rings is 6. The number of nitrogens with one attached hydrogen (secondary N) is 5. The SMILES string of the molecule is C#CC1(NC(=O)c2cccc(-c3cc4c(C(=O)NC)c(-c5ccc(F)cc5)oc4cc3N(CC)S(C)(=O)=O)c2)CCCCC1.C#CC1(NC(=O)c2cccc(-c3cc4c(C(=O)NC)c(-c5ccc(F)cc5)oc4cc3NCC)c2)CCCCC1. The largest absolute Gasteiger partial charge is 0.455 e. The molecule has 2 heterocycles. The third-order valence-electron chi connectivity index (χ3n) is 15.6. The number of rotatable bonds is 15. The second-order valence-corrected chi connectivity index (χ2v) is 23.1. The molecule has 17 heteroatoms. The lowest BCUT2D eigenvalue weighted by atomic mass is 9.82. The van der Waals surface area contributed by atoms with Crippen molar-refractivity contribution in [2.45, 2.75) is 89.1 Å². The van der Waals surface area contributed by atoms with E-state index in [0.29, 0.717) is 86.1 Å². The van der Waals surface area contributed by atoms with Crippen LogP contribution in [0.2, 0.25) is 0 Å². The second-order valence-electron chi connectivity index (χ2n) is 21.1. The van der Waals surface area contributed by atoms with Crippen LogP contribution in [0.25, 0.3) is 66.8 Å². The molecule has 4 amide bonds. The molecule has 0 bridgehead atoms. The van der Waals surface area contributed by atoms with E-state index in [1.165, 1.54) is 47.8 Å². The molecule has 0 unspecified atom stereocenters. The van der Waals surface area contributed by atoms with Crippen molar-refractivity contribution in [3.63, 3.8) is 0 Å². The Hall–Kier alpha value is -9.19. The molecule has 8 aromatic rings. The highest BCUT2D eigenvalue weighted by Crippen LogP contribution is 2.43. The fraction of sp³-hybridized carbons (Fsp3) is 0.284. The molecule has 0 radical (unpaired) electrons. The average Bonchev–Trinajstić information content (AvgIpc) is 2.03. The van der Waals surface area contributed by atoms with Crippen molar-refractivity contribution in [2.75, 3.05) is 43.1 Å². The van der Waals surface area contributed by atoms with Crippen LogP contribution in [0.5, 0.6) is 0 Å². The number of nitrogens with zero attached hydrogens (tertiary/aromatic N) is 1. The lowest BCUT2D eigenvalue weighted by Gasteiger charge is -2.33. The van der Waals surface area contributed by atoms with E-state index in [1.54, 1.807) is 68.6 Å². The number of anilines is 2. The molecular weight excluding hydrogens is 1090 g/mol. The fourth-order valence-electron chi connectivity index (χ4n) is 11.3. The number of furan rings is 2. The van der Waals surface area contributed by atoms with Gasteiger partial charge in [-0.05, 0) is 136 Å². The monoisotopic (exact) mass is 1150 g/mol. The molecule has 6 aromatic carbocycles. The Morgan fingerprint density at radius 3 is 1.40 bits per heavy atom. The third kappa shape index (κ3) is 12.4. The van der Waals surface area contributed by atoms with E-state index in [0.717, 1.165) is 74.4 Å². The standard InChI is InChI=1S/C34H34FN3O5S.C33H32FN3O3/c1-5-34(17-8-7-9-18-34)37-32(39)24-12-10-11-23(19-24)26-20-27-29(21-28(26)38(6-2)44(4,41)42)43-31(30(27)33(40)36-3)22-13-15-25(35)16-14-22;1-4-33(16-7-6-8-17-33)37-31(38)23-11-9-10-22(18-23)25-19-26-28(20-27(25)36-5-2)40-30(29(26)32(39)35-3)21-12-14-24(34)15-13-21/h1,10-16,19-21H,6-9,17-18H2,2-4H3,(H,36,40)(H,37,39);1,9-15,18-20,36H,5-8,16-17H2,2-3H3,(H,35,39)(H,37,38). The first-order valence-corrected chi connectivity index (χ1v) is 29.9. The molecule has 84 heavy (non-hydrogen) atoms. The van der Waals surface area contributed by atoms with E-state index in [9.17, 15) is 36.4 Å². The number of carbonyl (C=O) groups is 4. The van der Waals surface area contributed by atoms with Gasteiger partial charge in [0, 0.05) is 89.2 Å². The molecule has 0 aliphatic heterocycles. The van der Waals surface area contributed by atoms with Crippen molar-refractivity contribution in [1.29, 1.82) is 0 Å². The number of hydrogen-bond donors (Lipinski definition) is 5. The molecule has 2 aliphatic carbocycles. The number of halogens is 2. The molecule has 2 fully saturated rings. The van der Waals surface area contributed by atoms with Gasteiger partial charge in [-0.2, -0.15) is 0 Å². The minimum absolute atomic E-state index is 0.121. The van der Waals surface area contributed by atoms with E-state index in [2.05, 4.69) is 38.4 Å². The van der Waals surface area contributed by atoms with Gasteiger partial charge < -0.3 is 35.4 Å². The summed E-state index contributed by atoms with van der Waals surface area (Å²) in [4.78, 5) is 53.1. The molecule has 0 saturated heterocycles. The van der Waals surface area contributed by atoms with E-state index < -0.39 is 32.8 Å². The van der Waals surface area contributed by atoms with Gasteiger partial charge in [0.1, 0.15) is 45.4 Å². The highest BCUT2D eigenvalue weighted by molar-refractivity contribution is 7.92. The lowest BCUT2D eigenvalue weighted by Crippen LogP contribution is -2.48. The van der Waals surface area contributed by atoms with Gasteiger partial charge in [0.2, 0.25) is 10.0 Å². The number of sulfonamides is 1. The van der Waals surface area contributed by atoms with Crippen LogP contribution in [0, 0.1) is 36.3 Å². The van der Waals surface area contributed by atoms with Crippen LogP contribution in [-0.4, -0.2) is 76.6 Å². The average molecular weight is 1150 g/mol. The first kappa shape index (κ1) is 59.4. The maximum atomic E-state index is 13.7. The van der Waals surface area contributed by atoms with Gasteiger partial charge in [0.15, 0.2) is 0 Å². The summed E-state index contributed by atoms with van der Waals surface area (Å²) in [5.41, 5.74) is 5.72. The van der Waals surface area contributed by atoms with Crippen LogP contribution in [-0.2, 0) is 10.0 Å². The molecule has 2 aromatic heterocycles. The Labute approximate surface area is 488 Å². The summed E-state index contributed by atoms with van der Waals surface area (Å²) in [5.74, 6) is 4.11. The first-order chi connectivity index (χ1) is 40.4. The molecule has 0 atom stereocenters. The number of terminal acetylenes is 2. The quantitative estimate of drug-likeness (QED) is 0.0622. The lowest BCUT2D eigenvalue weighted by molar-refractivity contribution is 0.0895. The van der Waals surface area contributed by atoms with Crippen molar-refractivity contribution in [1.82, 2.24) is 21.3 Å². The topological polar surface area (TPSA) is 192 Å². The van der Waals surface area contributed by atoms with Crippen molar-refractivity contribution in [3.05, 3.63) is 155 Å². The van der Waals surface area contributed by atoms with E-state index in [4.69, 9.17) is 21.7 Å². The summed E-state index contributed by atoms with van der Waals surface area (Å²) in [6.45, 7) is 4.47. The van der Waals surface area contributed by atoms with Gasteiger partial charge >= 0.3 is 0 Å². The van der Waals surface area contributed by atoms with Gasteiger partial charge in [-0.25, -0.2) is 17.2 Å². The zero-order valence-electron chi connectivity index (χ0n) is 47.6. The summed E-state index contributed by atoms with van der Waals surface area (Å²) in [5, 5.41) is 15.9. The van der Waals surface area contributed by atoms with Crippen molar-refractivity contribution in [2.24, 2.45) is 0 Å². The minimum Gasteiger partial charge on any atom is -0.455 e. The van der Waals surface area contributed by atoms with Gasteiger partial charge in [0.05, 0.1) is 23.1 Å². The van der Waals surface area contributed by atoms with Gasteiger partial charge in [-0.15, -0.1) is 12.8 Å². The molecule has 2 aliphatic rings. The Bertz CT molecular complexity index is 4010. The van der Waals surface area contributed by atoms with Crippen LogP contribution >= 0.6 is 0 Å². The maximum absolute atomic E-state index is 13.7. The Morgan fingerprint density at radius 1 is 0.571 bits per heavy atom. The molecule has 10 rings (SSSR count). The smallest absolute Gasteiger partial charge is 0.255 e. The minimum atomic E-state index is -3.74. The van der Waals surface area contributed by atoms with E-state index in [-0.39, 0.29) is 47.0 Å². The Balaban J connectivity index is 0.000000202. The summed E-state index contributed by atoms with van der Waals surface area (Å²) in [6.07, 6.45) is 21.8. The van der Waals surface area contributed by atoms with Crippen LogP contribution in [0.3, 0.4) is 0 Å². The van der Waals surface area contributed by atoms with Crippen LogP contribution in [0.1, 0.15) is 119 Å². The Morgan fingerprint density at radius 2 is 1.00 bits per heavy atom. The van der Waals surface area contributed by atoms with Gasteiger partial charge in [-0.3, -0.25) is 23.5 Å². The molecule has 0 spiro atoms. The summed E-state index contributed by atoms with van der Waals surface area (Å²) in [7, 11) is -0.689. The second kappa shape index (κ2) is 25.1. The van der Waals surface area contributed by atoms with Crippen molar-refractivity contribution < 1.29 is 45.2 Å². The van der Waals surface area contributed by atoms with Crippen LogP contribution in [0.4, 0.5) is 20.2 Å². The van der Waals surface area contributed by atoms with Gasteiger partial charge in [-0.1, -0.05) is 74.6 Å². The number of amides is 4. The van der Waals surface area contributed by atoms with Crippen molar-refractivity contribution >= 4 is 67.0 Å². The highest BCUT2D eigenvalue weighted by Gasteiger charge is 2.34. The molecule has 2 saturated carbocycles. The third-order valence-corrected chi connectivity index (χ3v) is 16.9. The molecule has 5 N–H and O–H groups in total. The van der Waals surface area contributed by atoms with Crippen molar-refractivity contribution in [3.8, 4) is 69.6 Å². The van der Waals surface area contributed by atoms with E-state index >= 15 is 0 Å². The first-order valence-electron chi connectivity index (χ1n) is 28.1. The van der Waals surface area contributed by atoms with Gasteiger partial charge in [0.25, 0.3) is 23.6 Å². The predicted molar refractivity (Wildman–Crippen MR) is 327 cm³/mol. The van der Waals surface area contributed by atoms with Crippen LogP contribution < -0.4 is 30.9 Å². The number of carbonyl (C=O) groups excluding carboxylic acids is 4. The molecular formula is C67H66F2N6O8S. The maximum Gasteiger partial charge on any atom is 0.255 e. The fourth-order valence-corrected chi connectivity index (χ4v) is 12.3. The number of fused-ring (bicyclic) bond motifs is 2. The number of hydrogen-bond acceptors (Lipinski definition) is 9. The Kier molecular flexibility index (Phi) is 17.8. The predicted octanol–water partition coefficient (Wildman–Crippen LogP) is 12.9. The zero-order chi connectivity index (χ0) is 59.9. The normalized spacial score (nSPS) is 14.4. The summed E-state index contributed by atoms with van der Waals surface area (Å²) >= 11 is 0. The summed E-state index contributed by atoms with van der Waals surface area (Å²) in [6, 6.07) is 32.7. The highest BCUT2D eigenvalue weighted by atomic mass is 32.2.